The number of hydrogen-bond acceptors (Lipinski definition) is 4. The lowest BCUT2D eigenvalue weighted by Crippen LogP contribution is -2.37. The molecule has 0 bridgehead atoms. The maximum atomic E-state index is 12.3. The fourth-order valence-electron chi connectivity index (χ4n) is 3.68. The highest BCUT2D eigenvalue weighted by Crippen LogP contribution is 2.42. The molecule has 0 radical (unpaired) electrons. The summed E-state index contributed by atoms with van der Waals surface area (Å²) in [6, 6.07) is 19.1. The fraction of sp³-hybridized carbons (Fsp3) is 0.227. The van der Waals surface area contributed by atoms with Crippen molar-refractivity contribution in [2.75, 3.05) is 12.9 Å². The van der Waals surface area contributed by atoms with Crippen LogP contribution in [0, 0.1) is 5.92 Å². The van der Waals surface area contributed by atoms with Gasteiger partial charge in [-0.25, -0.2) is 4.79 Å². The second kappa shape index (κ2) is 7.95. The molecule has 27 heavy (non-hydrogen) atoms. The van der Waals surface area contributed by atoms with E-state index in [4.69, 9.17) is 4.74 Å². The van der Waals surface area contributed by atoms with Crippen molar-refractivity contribution in [1.29, 1.82) is 0 Å². The number of hydrogen-bond donors (Lipinski definition) is 0. The predicted molar refractivity (Wildman–Crippen MR) is 114 cm³/mol. The number of fused-ring (bicyclic) bond motifs is 1. The Bertz CT molecular complexity index is 892. The first-order valence-electron chi connectivity index (χ1n) is 8.85. The number of halogens is 1. The second-order valence-electron chi connectivity index (χ2n) is 6.68. The van der Waals surface area contributed by atoms with Gasteiger partial charge in [0.2, 0.25) is 0 Å². The molecule has 0 spiro atoms. The van der Waals surface area contributed by atoms with E-state index in [1.54, 1.807) is 11.8 Å². The second-order valence-corrected chi connectivity index (χ2v) is 8.50. The number of benzene rings is 2. The smallest absolute Gasteiger partial charge is 0.354 e. The van der Waals surface area contributed by atoms with E-state index >= 15 is 0 Å². The molecule has 138 valence electrons. The van der Waals surface area contributed by atoms with E-state index in [-0.39, 0.29) is 12.0 Å². The van der Waals surface area contributed by atoms with Crippen LogP contribution in [0.1, 0.15) is 5.56 Å². The average molecular weight is 442 g/mol. The molecular weight excluding hydrogens is 422 g/mol. The van der Waals surface area contributed by atoms with Crippen LogP contribution in [0.5, 0.6) is 0 Å². The number of carbonyl (C=O) groups excluding carboxylic acids is 1. The van der Waals surface area contributed by atoms with Crippen LogP contribution in [0.25, 0.3) is 11.1 Å². The van der Waals surface area contributed by atoms with Gasteiger partial charge < -0.3 is 9.64 Å². The minimum Gasteiger partial charge on any atom is -0.464 e. The minimum atomic E-state index is -0.268. The van der Waals surface area contributed by atoms with Gasteiger partial charge in [0, 0.05) is 22.7 Å². The topological polar surface area (TPSA) is 29.5 Å². The zero-order chi connectivity index (χ0) is 18.8. The van der Waals surface area contributed by atoms with Crippen molar-refractivity contribution in [3.63, 3.8) is 0 Å². The highest BCUT2D eigenvalue weighted by atomic mass is 79.9. The highest BCUT2D eigenvalue weighted by molar-refractivity contribution is 9.11. The standard InChI is InChI=1S/C22H20BrNO2S/c1-26-22(25)20-11-18-13-27-14-19(23)21(18)24(20)12-15-7-9-17(10-8-15)16-5-3-2-4-6-16/h2-11,14,18,21H,12-13H2,1H3. The number of thioether (sulfide) groups is 1. The monoisotopic (exact) mass is 441 g/mol. The number of ether oxygens (including phenoxy) is 1. The third-order valence-electron chi connectivity index (χ3n) is 5.00. The average Bonchev–Trinajstić information content (AvgIpc) is 3.08. The van der Waals surface area contributed by atoms with Crippen molar-refractivity contribution in [2.45, 2.75) is 12.6 Å². The molecule has 5 heteroatoms. The van der Waals surface area contributed by atoms with Crippen LogP contribution in [0.15, 0.2) is 76.3 Å². The molecule has 3 nitrogen and oxygen atoms in total. The quantitative estimate of drug-likeness (QED) is 0.610. The summed E-state index contributed by atoms with van der Waals surface area (Å²) in [7, 11) is 1.44. The van der Waals surface area contributed by atoms with E-state index in [1.807, 2.05) is 18.2 Å². The van der Waals surface area contributed by atoms with Gasteiger partial charge in [0.15, 0.2) is 0 Å². The molecule has 2 heterocycles. The maximum absolute atomic E-state index is 12.3. The van der Waals surface area contributed by atoms with Crippen LogP contribution >= 0.6 is 27.7 Å². The van der Waals surface area contributed by atoms with E-state index in [9.17, 15) is 4.79 Å². The van der Waals surface area contributed by atoms with Gasteiger partial charge in [-0.15, -0.1) is 11.8 Å². The van der Waals surface area contributed by atoms with Crippen LogP contribution in [0.2, 0.25) is 0 Å². The van der Waals surface area contributed by atoms with Crippen LogP contribution in [-0.4, -0.2) is 29.8 Å². The third-order valence-corrected chi connectivity index (χ3v) is 7.00. The molecule has 0 saturated carbocycles. The van der Waals surface area contributed by atoms with Gasteiger partial charge in [0.1, 0.15) is 5.70 Å². The predicted octanol–water partition coefficient (Wildman–Crippen LogP) is 5.19. The lowest BCUT2D eigenvalue weighted by atomic mass is 10.0. The lowest BCUT2D eigenvalue weighted by Gasteiger charge is -2.33. The number of carbonyl (C=O) groups is 1. The Morgan fingerprint density at radius 2 is 1.85 bits per heavy atom. The van der Waals surface area contributed by atoms with Crippen LogP contribution in [0.3, 0.4) is 0 Å². The molecule has 0 aromatic heterocycles. The van der Waals surface area contributed by atoms with Crippen LogP contribution < -0.4 is 0 Å². The Morgan fingerprint density at radius 1 is 1.15 bits per heavy atom. The number of esters is 1. The van der Waals surface area contributed by atoms with E-state index < -0.39 is 0 Å². The van der Waals surface area contributed by atoms with Crippen LogP contribution in [0.4, 0.5) is 0 Å². The Balaban J connectivity index is 1.59. The molecule has 2 aromatic rings. The summed E-state index contributed by atoms with van der Waals surface area (Å²) in [6.07, 6.45) is 2.07. The Labute approximate surface area is 172 Å². The summed E-state index contributed by atoms with van der Waals surface area (Å²) < 4.78 is 6.15. The summed E-state index contributed by atoms with van der Waals surface area (Å²) in [5, 5.41) is 2.14. The number of methoxy groups -OCH3 is 1. The first-order valence-corrected chi connectivity index (χ1v) is 10.7. The first kappa shape index (κ1) is 18.4. The minimum absolute atomic E-state index is 0.161. The van der Waals surface area contributed by atoms with Gasteiger partial charge in [-0.05, 0) is 28.2 Å². The van der Waals surface area contributed by atoms with Gasteiger partial charge in [-0.1, -0.05) is 70.5 Å². The van der Waals surface area contributed by atoms with E-state index in [2.05, 4.69) is 68.7 Å². The molecule has 2 aliphatic rings. The normalized spacial score (nSPS) is 21.3. The van der Waals surface area contributed by atoms with Gasteiger partial charge >= 0.3 is 5.97 Å². The molecular formula is C22H20BrNO2S. The van der Waals surface area contributed by atoms with Crippen molar-refractivity contribution in [3.8, 4) is 11.1 Å². The summed E-state index contributed by atoms with van der Waals surface area (Å²) in [5.41, 5.74) is 4.23. The zero-order valence-electron chi connectivity index (χ0n) is 15.0. The highest BCUT2D eigenvalue weighted by Gasteiger charge is 2.40. The van der Waals surface area contributed by atoms with Crippen molar-refractivity contribution < 1.29 is 9.53 Å². The van der Waals surface area contributed by atoms with Gasteiger partial charge in [-0.2, -0.15) is 0 Å². The SMILES string of the molecule is COC(=O)C1=CC2CSC=C(Br)C2N1Cc1ccc(-c2ccccc2)cc1. The summed E-state index contributed by atoms with van der Waals surface area (Å²) >= 11 is 5.48. The van der Waals surface area contributed by atoms with Crippen molar-refractivity contribution >= 4 is 33.7 Å². The third kappa shape index (κ3) is 3.71. The van der Waals surface area contributed by atoms with E-state index in [1.165, 1.54) is 23.8 Å². The number of rotatable bonds is 4. The zero-order valence-corrected chi connectivity index (χ0v) is 17.4. The molecule has 0 amide bonds. The Morgan fingerprint density at radius 3 is 2.56 bits per heavy atom. The molecule has 0 N–H and O–H groups in total. The number of nitrogens with zero attached hydrogens (tertiary/aromatic N) is 1. The molecule has 0 aliphatic carbocycles. The van der Waals surface area contributed by atoms with Crippen molar-refractivity contribution in [2.24, 2.45) is 5.92 Å². The lowest BCUT2D eigenvalue weighted by molar-refractivity contribution is -0.138. The van der Waals surface area contributed by atoms with E-state index in [0.29, 0.717) is 18.2 Å². The Kier molecular flexibility index (Phi) is 5.41. The molecule has 2 atom stereocenters. The largest absolute Gasteiger partial charge is 0.464 e. The first-order chi connectivity index (χ1) is 13.2. The molecule has 4 rings (SSSR count). The van der Waals surface area contributed by atoms with Gasteiger partial charge in [0.05, 0.1) is 13.2 Å². The molecule has 2 aromatic carbocycles. The summed E-state index contributed by atoms with van der Waals surface area (Å²) in [6.45, 7) is 0.671. The van der Waals surface area contributed by atoms with Crippen molar-refractivity contribution in [1.82, 2.24) is 4.90 Å². The van der Waals surface area contributed by atoms with Gasteiger partial charge in [-0.3, -0.25) is 0 Å². The van der Waals surface area contributed by atoms with Crippen LogP contribution in [-0.2, 0) is 16.1 Å². The molecule has 0 saturated heterocycles. The molecule has 2 unspecified atom stereocenters. The summed E-state index contributed by atoms with van der Waals surface area (Å²) in [4.78, 5) is 14.5. The molecule has 0 fully saturated rings. The van der Waals surface area contributed by atoms with Crippen molar-refractivity contribution in [3.05, 3.63) is 81.8 Å². The fourth-order valence-corrected chi connectivity index (χ4v) is 5.55. The van der Waals surface area contributed by atoms with E-state index in [0.717, 1.165) is 10.2 Å². The molecule has 2 aliphatic heterocycles. The Hall–Kier alpha value is -1.98. The maximum Gasteiger partial charge on any atom is 0.354 e. The van der Waals surface area contributed by atoms with Gasteiger partial charge in [0.25, 0.3) is 0 Å². The summed E-state index contributed by atoms with van der Waals surface area (Å²) in [5.74, 6) is 1.02.